The lowest BCUT2D eigenvalue weighted by molar-refractivity contribution is 0.0955. The number of nitrogens with one attached hydrogen (secondary N) is 1. The number of nitrogens with zero attached hydrogens (tertiary/aromatic N) is 2. The molecule has 1 amide bonds. The first-order valence-electron chi connectivity index (χ1n) is 6.40. The number of aryl methyl sites for hydroxylation is 2. The molecule has 0 aliphatic rings. The molecule has 0 bridgehead atoms. The van der Waals surface area contributed by atoms with Gasteiger partial charge < -0.3 is 15.6 Å². The minimum Gasteiger partial charge on any atom is -0.397 e. The fourth-order valence-electron chi connectivity index (χ4n) is 2.14. The molecule has 6 nitrogen and oxygen atoms in total. The molecule has 3 heterocycles. The van der Waals surface area contributed by atoms with Gasteiger partial charge in [-0.05, 0) is 19.9 Å². The summed E-state index contributed by atoms with van der Waals surface area (Å²) < 4.78 is 5.97. The van der Waals surface area contributed by atoms with Crippen LogP contribution in [0.5, 0.6) is 0 Å². The van der Waals surface area contributed by atoms with Gasteiger partial charge in [-0.2, -0.15) is 0 Å². The molecule has 0 aliphatic carbocycles. The zero-order chi connectivity index (χ0) is 15.0. The lowest BCUT2D eigenvalue weighted by Gasteiger charge is -2.04. The highest BCUT2D eigenvalue weighted by atomic mass is 32.1. The normalized spacial score (nSPS) is 11.0. The van der Waals surface area contributed by atoms with Crippen LogP contribution in [0.25, 0.3) is 10.1 Å². The number of hydrogen-bond acceptors (Lipinski definition) is 6. The predicted octanol–water partition coefficient (Wildman–Crippen LogP) is 2.41. The second-order valence-electron chi connectivity index (χ2n) is 4.70. The molecule has 0 fully saturated rings. The Balaban J connectivity index is 1.83. The molecular formula is C14H14N4O2S. The van der Waals surface area contributed by atoms with E-state index in [-0.39, 0.29) is 5.91 Å². The van der Waals surface area contributed by atoms with E-state index in [9.17, 15) is 4.79 Å². The number of hydrogen-bond donors (Lipinski definition) is 2. The molecule has 0 atom stereocenters. The van der Waals surface area contributed by atoms with E-state index in [1.807, 2.05) is 19.9 Å². The molecule has 3 aromatic rings. The van der Waals surface area contributed by atoms with Crippen molar-refractivity contribution in [2.24, 2.45) is 0 Å². The molecule has 0 saturated heterocycles. The maximum atomic E-state index is 12.3. The second kappa shape index (κ2) is 5.17. The van der Waals surface area contributed by atoms with Gasteiger partial charge in [-0.25, -0.2) is 0 Å². The Bertz CT molecular complexity index is 802. The van der Waals surface area contributed by atoms with Crippen molar-refractivity contribution in [3.05, 3.63) is 40.4 Å². The minimum atomic E-state index is -0.200. The summed E-state index contributed by atoms with van der Waals surface area (Å²) in [5, 5.41) is 7.58. The summed E-state index contributed by atoms with van der Waals surface area (Å²) in [6, 6.07) is 1.81. The van der Waals surface area contributed by atoms with E-state index in [0.29, 0.717) is 22.9 Å². The van der Waals surface area contributed by atoms with Crippen molar-refractivity contribution in [2.45, 2.75) is 20.4 Å². The number of pyridine rings is 1. The van der Waals surface area contributed by atoms with Gasteiger partial charge in [-0.15, -0.1) is 11.3 Å². The Hall–Kier alpha value is -2.41. The number of carbonyl (C=O) groups excluding carboxylic acids is 1. The Kier molecular flexibility index (Phi) is 3.34. The van der Waals surface area contributed by atoms with Gasteiger partial charge in [0.25, 0.3) is 5.91 Å². The molecule has 3 aromatic heterocycles. The molecule has 0 unspecified atom stereocenters. The summed E-state index contributed by atoms with van der Waals surface area (Å²) in [6.45, 7) is 4.03. The summed E-state index contributed by atoms with van der Waals surface area (Å²) in [5.41, 5.74) is 8.21. The van der Waals surface area contributed by atoms with E-state index in [1.54, 1.807) is 12.4 Å². The summed E-state index contributed by atoms with van der Waals surface area (Å²) in [6.07, 6.45) is 3.37. The largest absolute Gasteiger partial charge is 0.397 e. The monoisotopic (exact) mass is 302 g/mol. The summed E-state index contributed by atoms with van der Waals surface area (Å²) in [4.78, 5) is 16.8. The van der Waals surface area contributed by atoms with Gasteiger partial charge in [0.1, 0.15) is 10.6 Å². The van der Waals surface area contributed by atoms with Crippen LogP contribution in [0.4, 0.5) is 5.69 Å². The maximum absolute atomic E-state index is 12.3. The topological polar surface area (TPSA) is 94.0 Å². The Morgan fingerprint density at radius 1 is 1.48 bits per heavy atom. The number of fused-ring (bicyclic) bond motifs is 1. The highest BCUT2D eigenvalue weighted by molar-refractivity contribution is 7.21. The number of anilines is 1. The van der Waals surface area contributed by atoms with Gasteiger partial charge in [-0.3, -0.25) is 9.78 Å². The molecule has 0 radical (unpaired) electrons. The Morgan fingerprint density at radius 3 is 2.95 bits per heavy atom. The van der Waals surface area contributed by atoms with Crippen molar-refractivity contribution in [2.75, 3.05) is 5.73 Å². The zero-order valence-electron chi connectivity index (χ0n) is 11.6. The SMILES string of the molecule is Cc1noc(C)c1CNC(=O)c1sc2cnccc2c1N. The van der Waals surface area contributed by atoms with Crippen molar-refractivity contribution in [1.82, 2.24) is 15.5 Å². The van der Waals surface area contributed by atoms with Crippen LogP contribution in [-0.4, -0.2) is 16.0 Å². The van der Waals surface area contributed by atoms with Gasteiger partial charge in [0, 0.05) is 29.9 Å². The van der Waals surface area contributed by atoms with E-state index in [0.717, 1.165) is 21.3 Å². The first-order chi connectivity index (χ1) is 10.1. The lowest BCUT2D eigenvalue weighted by Crippen LogP contribution is -2.23. The molecule has 3 rings (SSSR count). The van der Waals surface area contributed by atoms with E-state index >= 15 is 0 Å². The van der Waals surface area contributed by atoms with Crippen LogP contribution in [0, 0.1) is 13.8 Å². The average Bonchev–Trinajstić information content (AvgIpc) is 2.98. The molecule has 0 aliphatic heterocycles. The predicted molar refractivity (Wildman–Crippen MR) is 81.2 cm³/mol. The minimum absolute atomic E-state index is 0.200. The standard InChI is InChI=1S/C14H14N4O2S/c1-7-10(8(2)20-18-7)5-17-14(19)13-12(15)9-3-4-16-6-11(9)21-13/h3-4,6H,5,15H2,1-2H3,(H,17,19). The summed E-state index contributed by atoms with van der Waals surface area (Å²) >= 11 is 1.34. The fraction of sp³-hybridized carbons (Fsp3) is 0.214. The molecule has 7 heteroatoms. The van der Waals surface area contributed by atoms with E-state index in [1.165, 1.54) is 11.3 Å². The zero-order valence-corrected chi connectivity index (χ0v) is 12.5. The van der Waals surface area contributed by atoms with Crippen LogP contribution >= 0.6 is 11.3 Å². The van der Waals surface area contributed by atoms with Crippen molar-refractivity contribution in [1.29, 1.82) is 0 Å². The third-order valence-electron chi connectivity index (χ3n) is 3.34. The van der Waals surface area contributed by atoms with Crippen molar-refractivity contribution in [3.8, 4) is 0 Å². The first-order valence-corrected chi connectivity index (χ1v) is 7.21. The number of amides is 1. The third-order valence-corrected chi connectivity index (χ3v) is 4.50. The Morgan fingerprint density at radius 2 is 2.29 bits per heavy atom. The summed E-state index contributed by atoms with van der Waals surface area (Å²) in [5.74, 6) is 0.509. The maximum Gasteiger partial charge on any atom is 0.263 e. The molecule has 0 spiro atoms. The van der Waals surface area contributed by atoms with E-state index in [4.69, 9.17) is 10.3 Å². The van der Waals surface area contributed by atoms with Crippen molar-refractivity contribution >= 4 is 33.0 Å². The lowest BCUT2D eigenvalue weighted by atomic mass is 10.2. The van der Waals surface area contributed by atoms with Crippen molar-refractivity contribution in [3.63, 3.8) is 0 Å². The number of thiophene rings is 1. The quantitative estimate of drug-likeness (QED) is 0.775. The van der Waals surface area contributed by atoms with Gasteiger partial charge >= 0.3 is 0 Å². The number of nitrogens with two attached hydrogens (primary N) is 1. The van der Waals surface area contributed by atoms with Crippen LogP contribution in [0.2, 0.25) is 0 Å². The van der Waals surface area contributed by atoms with Gasteiger partial charge in [0.15, 0.2) is 0 Å². The first kappa shape index (κ1) is 13.6. The number of carbonyl (C=O) groups is 1. The van der Waals surface area contributed by atoms with Crippen LogP contribution in [0.3, 0.4) is 0 Å². The van der Waals surface area contributed by atoms with Gasteiger partial charge in [-0.1, -0.05) is 5.16 Å². The molecule has 0 aromatic carbocycles. The molecular weight excluding hydrogens is 288 g/mol. The third kappa shape index (κ3) is 2.36. The average molecular weight is 302 g/mol. The highest BCUT2D eigenvalue weighted by Gasteiger charge is 2.17. The number of aromatic nitrogens is 2. The number of rotatable bonds is 3. The van der Waals surface area contributed by atoms with E-state index < -0.39 is 0 Å². The van der Waals surface area contributed by atoms with Gasteiger partial charge in [0.05, 0.1) is 16.1 Å². The molecule has 21 heavy (non-hydrogen) atoms. The van der Waals surface area contributed by atoms with Gasteiger partial charge in [0.2, 0.25) is 0 Å². The number of nitrogen functional groups attached to an aromatic ring is 1. The van der Waals surface area contributed by atoms with E-state index in [2.05, 4.69) is 15.5 Å². The second-order valence-corrected chi connectivity index (χ2v) is 5.75. The van der Waals surface area contributed by atoms with Crippen molar-refractivity contribution < 1.29 is 9.32 Å². The molecule has 108 valence electrons. The van der Waals surface area contributed by atoms with Crippen LogP contribution in [0.1, 0.15) is 26.7 Å². The highest BCUT2D eigenvalue weighted by Crippen LogP contribution is 2.32. The smallest absolute Gasteiger partial charge is 0.263 e. The molecule has 3 N–H and O–H groups in total. The molecule has 0 saturated carbocycles. The van der Waals surface area contributed by atoms with Crippen LogP contribution in [-0.2, 0) is 6.54 Å². The Labute approximate surface area is 125 Å². The fourth-order valence-corrected chi connectivity index (χ4v) is 3.15. The summed E-state index contributed by atoms with van der Waals surface area (Å²) in [7, 11) is 0. The van der Waals surface area contributed by atoms with Crippen LogP contribution < -0.4 is 11.1 Å². The van der Waals surface area contributed by atoms with Crippen LogP contribution in [0.15, 0.2) is 23.0 Å².